The smallest absolute Gasteiger partial charge is 0.329 e. The Balaban J connectivity index is 1.97. The van der Waals surface area contributed by atoms with Crippen LogP contribution >= 0.6 is 0 Å². The van der Waals surface area contributed by atoms with Gasteiger partial charge < -0.3 is 15.3 Å². The summed E-state index contributed by atoms with van der Waals surface area (Å²) in [5.74, 6) is 0.397. The zero-order valence-corrected chi connectivity index (χ0v) is 11.1. The van der Waals surface area contributed by atoms with Gasteiger partial charge in [-0.3, -0.25) is 0 Å². The molecule has 18 heavy (non-hydrogen) atoms. The van der Waals surface area contributed by atoms with Crippen LogP contribution in [0.4, 0.5) is 4.79 Å². The highest BCUT2D eigenvalue weighted by Gasteiger charge is 2.48. The van der Waals surface area contributed by atoms with Crippen molar-refractivity contribution in [3.05, 3.63) is 0 Å². The lowest BCUT2D eigenvalue weighted by Crippen LogP contribution is -2.55. The van der Waals surface area contributed by atoms with Gasteiger partial charge in [-0.1, -0.05) is 13.8 Å². The van der Waals surface area contributed by atoms with Crippen LogP contribution in [0.3, 0.4) is 0 Å². The van der Waals surface area contributed by atoms with Crippen molar-refractivity contribution < 1.29 is 14.7 Å². The molecular weight excluding hydrogens is 232 g/mol. The Morgan fingerprint density at radius 3 is 2.67 bits per heavy atom. The molecule has 2 N–H and O–H groups in total. The van der Waals surface area contributed by atoms with Crippen molar-refractivity contribution in [3.63, 3.8) is 0 Å². The van der Waals surface area contributed by atoms with Crippen molar-refractivity contribution in [1.29, 1.82) is 0 Å². The Bertz CT molecular complexity index is 358. The van der Waals surface area contributed by atoms with Gasteiger partial charge >= 0.3 is 12.0 Å². The molecule has 2 rings (SSSR count). The predicted octanol–water partition coefficient (Wildman–Crippen LogP) is 1.68. The molecule has 2 amide bonds. The molecule has 2 fully saturated rings. The maximum Gasteiger partial charge on any atom is 0.329 e. The second-order valence-electron chi connectivity index (χ2n) is 5.60. The van der Waals surface area contributed by atoms with Gasteiger partial charge in [0.2, 0.25) is 0 Å². The number of nitrogens with one attached hydrogen (secondary N) is 1. The Morgan fingerprint density at radius 1 is 1.50 bits per heavy atom. The SMILES string of the molecule is CCC1(C(=O)O)CCCN1C(=O)NCC1CC1C. The van der Waals surface area contributed by atoms with Crippen molar-refractivity contribution in [3.8, 4) is 0 Å². The van der Waals surface area contributed by atoms with E-state index in [2.05, 4.69) is 12.2 Å². The minimum absolute atomic E-state index is 0.212. The van der Waals surface area contributed by atoms with Crippen molar-refractivity contribution in [2.24, 2.45) is 11.8 Å². The molecule has 0 radical (unpaired) electrons. The van der Waals surface area contributed by atoms with Crippen LogP contribution in [0.1, 0.15) is 39.5 Å². The van der Waals surface area contributed by atoms with E-state index in [-0.39, 0.29) is 6.03 Å². The van der Waals surface area contributed by atoms with Gasteiger partial charge in [0.25, 0.3) is 0 Å². The highest BCUT2D eigenvalue weighted by atomic mass is 16.4. The van der Waals surface area contributed by atoms with Gasteiger partial charge in [-0.25, -0.2) is 9.59 Å². The third-order valence-electron chi connectivity index (χ3n) is 4.51. The van der Waals surface area contributed by atoms with Crippen molar-refractivity contribution >= 4 is 12.0 Å². The minimum atomic E-state index is -0.987. The molecule has 5 nitrogen and oxygen atoms in total. The maximum atomic E-state index is 12.1. The average Bonchev–Trinajstić information content (AvgIpc) is 2.89. The second kappa shape index (κ2) is 4.78. The van der Waals surface area contributed by atoms with E-state index in [0.29, 0.717) is 37.8 Å². The third kappa shape index (κ3) is 2.18. The molecule has 0 aromatic rings. The van der Waals surface area contributed by atoms with Crippen molar-refractivity contribution in [1.82, 2.24) is 10.2 Å². The zero-order chi connectivity index (χ0) is 13.3. The molecular formula is C13H22N2O3. The van der Waals surface area contributed by atoms with Gasteiger partial charge in [-0.15, -0.1) is 0 Å². The molecule has 1 heterocycles. The molecule has 1 aliphatic carbocycles. The number of hydrogen-bond acceptors (Lipinski definition) is 2. The number of likely N-dealkylation sites (tertiary alicyclic amines) is 1. The quantitative estimate of drug-likeness (QED) is 0.802. The van der Waals surface area contributed by atoms with Crippen molar-refractivity contribution in [2.45, 2.75) is 45.1 Å². The highest BCUT2D eigenvalue weighted by molar-refractivity contribution is 5.87. The number of amides is 2. The Morgan fingerprint density at radius 2 is 2.17 bits per heavy atom. The molecule has 0 spiro atoms. The molecule has 3 unspecified atom stereocenters. The molecule has 2 aliphatic rings. The number of nitrogens with zero attached hydrogens (tertiary/aromatic N) is 1. The Labute approximate surface area is 108 Å². The van der Waals surface area contributed by atoms with E-state index in [9.17, 15) is 14.7 Å². The summed E-state index contributed by atoms with van der Waals surface area (Å²) in [6, 6.07) is -0.212. The first kappa shape index (κ1) is 13.2. The first-order valence-electron chi connectivity index (χ1n) is 6.80. The molecule has 5 heteroatoms. The molecule has 0 bridgehead atoms. The largest absolute Gasteiger partial charge is 0.479 e. The number of hydrogen-bond donors (Lipinski definition) is 2. The number of carbonyl (C=O) groups excluding carboxylic acids is 1. The molecule has 0 aromatic heterocycles. The van der Waals surface area contributed by atoms with Crippen LogP contribution in [-0.2, 0) is 4.79 Å². The molecule has 102 valence electrons. The summed E-state index contributed by atoms with van der Waals surface area (Å²) in [5.41, 5.74) is -0.987. The number of rotatable bonds is 4. The summed E-state index contributed by atoms with van der Waals surface area (Å²) in [7, 11) is 0. The summed E-state index contributed by atoms with van der Waals surface area (Å²) in [5, 5.41) is 12.3. The molecule has 1 saturated carbocycles. The highest BCUT2D eigenvalue weighted by Crippen LogP contribution is 2.37. The number of aliphatic carboxylic acids is 1. The normalized spacial score (nSPS) is 34.4. The first-order valence-corrected chi connectivity index (χ1v) is 6.80. The molecule has 1 aliphatic heterocycles. The summed E-state index contributed by atoms with van der Waals surface area (Å²) >= 11 is 0. The topological polar surface area (TPSA) is 69.6 Å². The van der Waals surface area contributed by atoms with Crippen LogP contribution in [0, 0.1) is 11.8 Å². The Hall–Kier alpha value is -1.26. The van der Waals surface area contributed by atoms with Crippen LogP contribution in [0.25, 0.3) is 0 Å². The van der Waals surface area contributed by atoms with E-state index in [1.807, 2.05) is 6.92 Å². The predicted molar refractivity (Wildman–Crippen MR) is 67.3 cm³/mol. The van der Waals surface area contributed by atoms with Crippen LogP contribution in [0.2, 0.25) is 0 Å². The fraction of sp³-hybridized carbons (Fsp3) is 0.846. The van der Waals surface area contributed by atoms with E-state index in [1.165, 1.54) is 4.90 Å². The molecule has 3 atom stereocenters. The second-order valence-corrected chi connectivity index (χ2v) is 5.60. The van der Waals surface area contributed by atoms with E-state index in [1.54, 1.807) is 0 Å². The van der Waals surface area contributed by atoms with Gasteiger partial charge in [0.05, 0.1) is 0 Å². The lowest BCUT2D eigenvalue weighted by Gasteiger charge is -2.33. The summed E-state index contributed by atoms with van der Waals surface area (Å²) in [6.07, 6.45) is 2.97. The van der Waals surface area contributed by atoms with E-state index < -0.39 is 11.5 Å². The van der Waals surface area contributed by atoms with Crippen LogP contribution < -0.4 is 5.32 Å². The van der Waals surface area contributed by atoms with Crippen molar-refractivity contribution in [2.75, 3.05) is 13.1 Å². The number of carbonyl (C=O) groups is 2. The maximum absolute atomic E-state index is 12.1. The van der Waals surface area contributed by atoms with E-state index in [4.69, 9.17) is 0 Å². The number of carboxylic acid groups (broad SMARTS) is 1. The lowest BCUT2D eigenvalue weighted by atomic mass is 9.93. The van der Waals surface area contributed by atoms with Gasteiger partial charge in [-0.2, -0.15) is 0 Å². The Kier molecular flexibility index (Phi) is 3.50. The molecule has 1 saturated heterocycles. The van der Waals surface area contributed by atoms with Crippen LogP contribution in [-0.4, -0.2) is 40.6 Å². The van der Waals surface area contributed by atoms with E-state index in [0.717, 1.165) is 12.8 Å². The molecule has 0 aromatic carbocycles. The van der Waals surface area contributed by atoms with Gasteiger partial charge in [-0.05, 0) is 37.5 Å². The third-order valence-corrected chi connectivity index (χ3v) is 4.51. The van der Waals surface area contributed by atoms with Crippen LogP contribution in [0.15, 0.2) is 0 Å². The lowest BCUT2D eigenvalue weighted by molar-refractivity contribution is -0.148. The first-order chi connectivity index (χ1) is 8.51. The summed E-state index contributed by atoms with van der Waals surface area (Å²) in [4.78, 5) is 25.1. The van der Waals surface area contributed by atoms with E-state index >= 15 is 0 Å². The standard InChI is InChI=1S/C13H22N2O3/c1-3-13(11(16)17)5-4-6-15(13)12(18)14-8-10-7-9(10)2/h9-10H,3-8H2,1-2H3,(H,14,18)(H,16,17). The van der Waals surface area contributed by atoms with Gasteiger partial charge in [0.15, 0.2) is 0 Å². The summed E-state index contributed by atoms with van der Waals surface area (Å²) < 4.78 is 0. The summed E-state index contributed by atoms with van der Waals surface area (Å²) in [6.45, 7) is 5.23. The van der Waals surface area contributed by atoms with Crippen LogP contribution in [0.5, 0.6) is 0 Å². The average molecular weight is 254 g/mol. The fourth-order valence-corrected chi connectivity index (χ4v) is 2.91. The number of carboxylic acids is 1. The zero-order valence-electron chi connectivity index (χ0n) is 11.1. The minimum Gasteiger partial charge on any atom is -0.479 e. The fourth-order valence-electron chi connectivity index (χ4n) is 2.91. The van der Waals surface area contributed by atoms with Gasteiger partial charge in [0, 0.05) is 13.1 Å². The number of urea groups is 1. The monoisotopic (exact) mass is 254 g/mol. The van der Waals surface area contributed by atoms with Gasteiger partial charge in [0.1, 0.15) is 5.54 Å².